The molecule has 9 heteroatoms. The normalized spacial score (nSPS) is 16.8. The first-order valence-electron chi connectivity index (χ1n) is 11.4. The number of rotatable bonds is 8. The first-order chi connectivity index (χ1) is 17.6. The predicted molar refractivity (Wildman–Crippen MR) is 142 cm³/mol. The summed E-state index contributed by atoms with van der Waals surface area (Å²) in [6.45, 7) is 2.44. The average molecular weight is 517 g/mol. The molecule has 1 N–H and O–H groups in total. The van der Waals surface area contributed by atoms with Crippen molar-refractivity contribution < 1.29 is 14.3 Å². The van der Waals surface area contributed by atoms with Crippen LogP contribution in [0, 0.1) is 0 Å². The maximum Gasteiger partial charge on any atom is 0.338 e. The SMILES string of the molecule is CC1=C(C(=O)OCc2ccccc2)[C@H](c2cccs2)N2C(CC(=O)NCc3ccncc3)=CSC2=N1. The minimum atomic E-state index is -0.407. The quantitative estimate of drug-likeness (QED) is 0.416. The minimum Gasteiger partial charge on any atom is -0.457 e. The second-order valence-electron chi connectivity index (χ2n) is 8.28. The van der Waals surface area contributed by atoms with E-state index in [4.69, 9.17) is 9.73 Å². The number of thioether (sulfide) groups is 1. The zero-order valence-corrected chi connectivity index (χ0v) is 21.2. The molecular formula is C27H24N4O3S2. The van der Waals surface area contributed by atoms with E-state index in [-0.39, 0.29) is 18.9 Å². The molecule has 0 bridgehead atoms. The fourth-order valence-corrected chi connectivity index (χ4v) is 5.86. The number of hydrogen-bond donors (Lipinski definition) is 1. The lowest BCUT2D eigenvalue weighted by molar-refractivity contribution is -0.141. The van der Waals surface area contributed by atoms with Gasteiger partial charge in [0.05, 0.1) is 17.7 Å². The average Bonchev–Trinajstić information content (AvgIpc) is 3.57. The van der Waals surface area contributed by atoms with E-state index in [1.54, 1.807) is 23.7 Å². The van der Waals surface area contributed by atoms with E-state index in [1.807, 2.05) is 77.2 Å². The van der Waals surface area contributed by atoms with Gasteiger partial charge in [0.15, 0.2) is 5.17 Å². The van der Waals surface area contributed by atoms with Gasteiger partial charge in [0.25, 0.3) is 0 Å². The van der Waals surface area contributed by atoms with Crippen molar-refractivity contribution in [3.05, 3.63) is 111 Å². The molecule has 0 unspecified atom stereocenters. The van der Waals surface area contributed by atoms with Crippen molar-refractivity contribution >= 4 is 40.1 Å². The van der Waals surface area contributed by atoms with Crippen LogP contribution in [0.5, 0.6) is 0 Å². The Morgan fingerprint density at radius 2 is 1.86 bits per heavy atom. The van der Waals surface area contributed by atoms with E-state index in [0.717, 1.165) is 26.9 Å². The topological polar surface area (TPSA) is 83.9 Å². The maximum absolute atomic E-state index is 13.4. The number of carbonyl (C=O) groups is 2. The molecule has 0 fully saturated rings. The number of nitrogens with zero attached hydrogens (tertiary/aromatic N) is 3. The van der Waals surface area contributed by atoms with E-state index in [1.165, 1.54) is 11.8 Å². The molecule has 1 amide bonds. The van der Waals surface area contributed by atoms with Crippen molar-refractivity contribution in [2.75, 3.05) is 0 Å². The van der Waals surface area contributed by atoms with Crippen molar-refractivity contribution in [3.63, 3.8) is 0 Å². The monoisotopic (exact) mass is 516 g/mol. The molecule has 4 heterocycles. The van der Waals surface area contributed by atoms with Gasteiger partial charge in [0, 0.05) is 29.5 Å². The summed E-state index contributed by atoms with van der Waals surface area (Å²) < 4.78 is 5.72. The molecule has 2 aliphatic rings. The number of pyridine rings is 1. The first kappa shape index (κ1) is 24.0. The van der Waals surface area contributed by atoms with Crippen LogP contribution in [0.1, 0.15) is 35.4 Å². The Morgan fingerprint density at radius 1 is 1.06 bits per heavy atom. The molecule has 1 aromatic carbocycles. The number of benzene rings is 1. The molecular weight excluding hydrogens is 492 g/mol. The van der Waals surface area contributed by atoms with Crippen molar-refractivity contribution in [1.29, 1.82) is 0 Å². The molecule has 1 atom stereocenters. The molecule has 0 saturated heterocycles. The molecule has 0 saturated carbocycles. The van der Waals surface area contributed by atoms with Gasteiger partial charge in [-0.05, 0) is 47.0 Å². The highest BCUT2D eigenvalue weighted by Crippen LogP contribution is 2.45. The summed E-state index contributed by atoms with van der Waals surface area (Å²) >= 11 is 3.03. The number of carbonyl (C=O) groups excluding carboxylic acids is 2. The number of amides is 1. The lowest BCUT2D eigenvalue weighted by Gasteiger charge is -2.35. The van der Waals surface area contributed by atoms with E-state index in [9.17, 15) is 9.59 Å². The third-order valence-electron chi connectivity index (χ3n) is 5.83. The fraction of sp³-hybridized carbons (Fsp3) is 0.185. The maximum atomic E-state index is 13.4. The van der Waals surface area contributed by atoms with Crippen molar-refractivity contribution in [1.82, 2.24) is 15.2 Å². The van der Waals surface area contributed by atoms with Gasteiger partial charge in [-0.2, -0.15) is 0 Å². The van der Waals surface area contributed by atoms with Crippen LogP contribution in [0.15, 0.2) is 99.7 Å². The number of fused-ring (bicyclic) bond motifs is 1. The van der Waals surface area contributed by atoms with Crippen LogP contribution in [0.2, 0.25) is 0 Å². The van der Waals surface area contributed by atoms with Crippen LogP contribution >= 0.6 is 23.1 Å². The van der Waals surface area contributed by atoms with Crippen molar-refractivity contribution in [3.8, 4) is 0 Å². The Labute approximate surface area is 217 Å². The summed E-state index contributed by atoms with van der Waals surface area (Å²) in [5.74, 6) is -0.514. The third kappa shape index (κ3) is 5.27. The van der Waals surface area contributed by atoms with Gasteiger partial charge in [-0.1, -0.05) is 48.2 Å². The molecule has 5 rings (SSSR count). The third-order valence-corrected chi connectivity index (χ3v) is 7.64. The Hall–Kier alpha value is -3.69. The highest BCUT2D eigenvalue weighted by atomic mass is 32.2. The van der Waals surface area contributed by atoms with Gasteiger partial charge in [0.1, 0.15) is 12.6 Å². The zero-order chi connectivity index (χ0) is 24.9. The highest BCUT2D eigenvalue weighted by molar-refractivity contribution is 8.16. The van der Waals surface area contributed by atoms with Gasteiger partial charge >= 0.3 is 5.97 Å². The standard InChI is InChI=1S/C27H24N4O3S2/c1-18-24(26(33)34-16-20-6-3-2-4-7-20)25(22-8-5-13-35-22)31-21(17-36-27(31)30-18)14-23(32)29-15-19-9-11-28-12-10-19/h2-13,17,25H,14-16H2,1H3,(H,29,32)/t25-/m0/s1. The molecule has 0 radical (unpaired) electrons. The largest absolute Gasteiger partial charge is 0.457 e. The van der Waals surface area contributed by atoms with Gasteiger partial charge in [-0.3, -0.25) is 9.78 Å². The number of esters is 1. The second-order valence-corrected chi connectivity index (χ2v) is 10.1. The summed E-state index contributed by atoms with van der Waals surface area (Å²) in [5.41, 5.74) is 3.81. The number of thiophene rings is 1. The van der Waals surface area contributed by atoms with E-state index in [2.05, 4.69) is 10.3 Å². The number of amidine groups is 1. The second kappa shape index (κ2) is 10.9. The van der Waals surface area contributed by atoms with Crippen LogP contribution in [0.3, 0.4) is 0 Å². The number of ether oxygens (including phenoxy) is 1. The minimum absolute atomic E-state index is 0.107. The zero-order valence-electron chi connectivity index (χ0n) is 19.6. The molecule has 3 aromatic rings. The lowest BCUT2D eigenvalue weighted by Crippen LogP contribution is -2.37. The number of allylic oxidation sites excluding steroid dienone is 1. The van der Waals surface area contributed by atoms with E-state index >= 15 is 0 Å². The van der Waals surface area contributed by atoms with Gasteiger partial charge in [-0.15, -0.1) is 11.3 Å². The summed E-state index contributed by atoms with van der Waals surface area (Å²) in [7, 11) is 0. The predicted octanol–water partition coefficient (Wildman–Crippen LogP) is 5.17. The Kier molecular flexibility index (Phi) is 7.29. The number of aromatic nitrogens is 1. The summed E-state index contributed by atoms with van der Waals surface area (Å²) in [4.78, 5) is 37.9. The highest BCUT2D eigenvalue weighted by Gasteiger charge is 2.41. The summed E-state index contributed by atoms with van der Waals surface area (Å²) in [6.07, 6.45) is 3.57. The van der Waals surface area contributed by atoms with Gasteiger partial charge < -0.3 is 15.0 Å². The first-order valence-corrected chi connectivity index (χ1v) is 13.2. The van der Waals surface area contributed by atoms with Crippen molar-refractivity contribution in [2.24, 2.45) is 4.99 Å². The lowest BCUT2D eigenvalue weighted by atomic mass is 9.99. The molecule has 0 aliphatic carbocycles. The Balaban J connectivity index is 1.35. The summed E-state index contributed by atoms with van der Waals surface area (Å²) in [6, 6.07) is 16.9. The number of hydrogen-bond acceptors (Lipinski definition) is 8. The smallest absolute Gasteiger partial charge is 0.338 e. The number of nitrogens with one attached hydrogen (secondary N) is 1. The van der Waals surface area contributed by atoms with Crippen LogP contribution in [-0.4, -0.2) is 26.9 Å². The van der Waals surface area contributed by atoms with E-state index < -0.39 is 12.0 Å². The molecule has 36 heavy (non-hydrogen) atoms. The van der Waals surface area contributed by atoms with Crippen LogP contribution in [0.25, 0.3) is 0 Å². The van der Waals surface area contributed by atoms with Gasteiger partial charge in [0.2, 0.25) is 5.91 Å². The molecule has 2 aliphatic heterocycles. The number of aliphatic imine (C=N–C) groups is 1. The Bertz CT molecular complexity index is 1340. The summed E-state index contributed by atoms with van der Waals surface area (Å²) in [5, 5.41) is 7.64. The van der Waals surface area contributed by atoms with Crippen molar-refractivity contribution in [2.45, 2.75) is 32.5 Å². The van der Waals surface area contributed by atoms with Crippen LogP contribution in [0.4, 0.5) is 0 Å². The van der Waals surface area contributed by atoms with Crippen LogP contribution < -0.4 is 5.32 Å². The fourth-order valence-electron chi connectivity index (χ4n) is 4.08. The van der Waals surface area contributed by atoms with Crippen LogP contribution in [-0.2, 0) is 27.5 Å². The van der Waals surface area contributed by atoms with E-state index in [0.29, 0.717) is 17.8 Å². The molecule has 7 nitrogen and oxygen atoms in total. The molecule has 182 valence electrons. The van der Waals surface area contributed by atoms with Gasteiger partial charge in [-0.25, -0.2) is 9.79 Å². The Morgan fingerprint density at radius 3 is 2.61 bits per heavy atom. The molecule has 2 aromatic heterocycles. The molecule has 0 spiro atoms.